The minimum Gasteiger partial charge on any atom is -0.462 e. The van der Waals surface area contributed by atoms with Gasteiger partial charge in [0.05, 0.1) is 12.0 Å². The normalized spacial score (nSPS) is 10.8. The number of hydrogen-bond donors (Lipinski definition) is 1. The van der Waals surface area contributed by atoms with Gasteiger partial charge in [-0.3, -0.25) is 0 Å². The van der Waals surface area contributed by atoms with Crippen LogP contribution in [0.3, 0.4) is 0 Å². The Bertz CT molecular complexity index is 891. The van der Waals surface area contributed by atoms with Crippen LogP contribution in [0, 0.1) is 13.8 Å². The molecule has 0 amide bonds. The maximum absolute atomic E-state index is 12.2. The van der Waals surface area contributed by atoms with Crippen molar-refractivity contribution in [2.45, 2.75) is 27.2 Å². The molecular weight excluding hydrogens is 334 g/mol. The van der Waals surface area contributed by atoms with E-state index < -0.39 is 0 Å². The lowest BCUT2D eigenvalue weighted by Crippen LogP contribution is -2.08. The van der Waals surface area contributed by atoms with E-state index in [0.717, 1.165) is 34.6 Å². The predicted molar refractivity (Wildman–Crippen MR) is 101 cm³/mol. The number of aromatic nitrogens is 2. The van der Waals surface area contributed by atoms with Crippen LogP contribution in [0.4, 0.5) is 5.82 Å². The van der Waals surface area contributed by atoms with E-state index in [1.807, 2.05) is 32.0 Å². The number of thiophene rings is 1. The summed E-state index contributed by atoms with van der Waals surface area (Å²) in [5.74, 6) is 1.17. The van der Waals surface area contributed by atoms with Crippen molar-refractivity contribution in [1.29, 1.82) is 0 Å². The van der Waals surface area contributed by atoms with E-state index in [4.69, 9.17) is 4.74 Å². The molecule has 2 aromatic heterocycles. The second-order valence-electron chi connectivity index (χ2n) is 5.74. The number of nitrogens with one attached hydrogen (secondary N) is 1. The SMILES string of the molecule is CCOC(=O)c1sc2nc(C)nc(NCCc3ccccc3)c2c1C. The van der Waals surface area contributed by atoms with Gasteiger partial charge in [0.25, 0.3) is 0 Å². The molecule has 0 aliphatic carbocycles. The summed E-state index contributed by atoms with van der Waals surface area (Å²) in [5.41, 5.74) is 2.15. The van der Waals surface area contributed by atoms with Crippen LogP contribution < -0.4 is 5.32 Å². The number of carbonyl (C=O) groups is 1. The van der Waals surface area contributed by atoms with E-state index in [2.05, 4.69) is 27.4 Å². The maximum Gasteiger partial charge on any atom is 0.348 e. The number of rotatable bonds is 6. The summed E-state index contributed by atoms with van der Waals surface area (Å²) < 4.78 is 5.15. The Morgan fingerprint density at radius 3 is 2.68 bits per heavy atom. The monoisotopic (exact) mass is 355 g/mol. The van der Waals surface area contributed by atoms with Crippen LogP contribution in [-0.2, 0) is 11.2 Å². The molecule has 3 aromatic rings. The Hall–Kier alpha value is -2.47. The van der Waals surface area contributed by atoms with Gasteiger partial charge in [0.2, 0.25) is 0 Å². The molecule has 0 aliphatic rings. The van der Waals surface area contributed by atoms with Gasteiger partial charge in [-0.15, -0.1) is 11.3 Å². The smallest absolute Gasteiger partial charge is 0.348 e. The van der Waals surface area contributed by atoms with E-state index in [-0.39, 0.29) is 5.97 Å². The molecule has 2 heterocycles. The largest absolute Gasteiger partial charge is 0.462 e. The first-order valence-corrected chi connectivity index (χ1v) is 9.14. The minimum atomic E-state index is -0.295. The first-order chi connectivity index (χ1) is 12.1. The van der Waals surface area contributed by atoms with Crippen LogP contribution in [0.2, 0.25) is 0 Å². The van der Waals surface area contributed by atoms with Gasteiger partial charge < -0.3 is 10.1 Å². The van der Waals surface area contributed by atoms with Crippen molar-refractivity contribution in [3.8, 4) is 0 Å². The van der Waals surface area contributed by atoms with Crippen LogP contribution in [0.15, 0.2) is 30.3 Å². The van der Waals surface area contributed by atoms with Crippen LogP contribution in [0.1, 0.15) is 33.5 Å². The lowest BCUT2D eigenvalue weighted by Gasteiger charge is -2.08. The Balaban J connectivity index is 1.87. The van der Waals surface area contributed by atoms with Crippen molar-refractivity contribution >= 4 is 33.3 Å². The number of carbonyl (C=O) groups excluding carboxylic acids is 1. The van der Waals surface area contributed by atoms with Crippen molar-refractivity contribution in [3.05, 3.63) is 52.2 Å². The molecular formula is C19H21N3O2S. The zero-order valence-corrected chi connectivity index (χ0v) is 15.4. The third kappa shape index (κ3) is 3.79. The summed E-state index contributed by atoms with van der Waals surface area (Å²) >= 11 is 1.36. The van der Waals surface area contributed by atoms with Gasteiger partial charge in [-0.1, -0.05) is 30.3 Å². The van der Waals surface area contributed by atoms with Gasteiger partial charge in [0.15, 0.2) is 0 Å². The fraction of sp³-hybridized carbons (Fsp3) is 0.316. The van der Waals surface area contributed by atoms with Gasteiger partial charge >= 0.3 is 5.97 Å². The van der Waals surface area contributed by atoms with Gasteiger partial charge in [0.1, 0.15) is 21.3 Å². The van der Waals surface area contributed by atoms with Crippen LogP contribution in [0.25, 0.3) is 10.2 Å². The molecule has 130 valence electrons. The Morgan fingerprint density at radius 1 is 1.20 bits per heavy atom. The van der Waals surface area contributed by atoms with E-state index >= 15 is 0 Å². The topological polar surface area (TPSA) is 64.1 Å². The van der Waals surface area contributed by atoms with Crippen molar-refractivity contribution < 1.29 is 9.53 Å². The van der Waals surface area contributed by atoms with Gasteiger partial charge in [0, 0.05) is 6.54 Å². The van der Waals surface area contributed by atoms with Crippen molar-refractivity contribution in [1.82, 2.24) is 9.97 Å². The molecule has 1 aromatic carbocycles. The summed E-state index contributed by atoms with van der Waals surface area (Å²) in [6.45, 7) is 6.72. The first-order valence-electron chi connectivity index (χ1n) is 8.32. The van der Waals surface area contributed by atoms with E-state index in [1.54, 1.807) is 6.92 Å². The average Bonchev–Trinajstić information content (AvgIpc) is 2.92. The summed E-state index contributed by atoms with van der Waals surface area (Å²) in [6.07, 6.45) is 0.902. The molecule has 0 aliphatic heterocycles. The number of fused-ring (bicyclic) bond motifs is 1. The molecule has 0 bridgehead atoms. The first kappa shape index (κ1) is 17.4. The number of esters is 1. The predicted octanol–water partition coefficient (Wildman–Crippen LogP) is 4.14. The number of hydrogen-bond acceptors (Lipinski definition) is 6. The van der Waals surface area contributed by atoms with Gasteiger partial charge in [-0.2, -0.15) is 0 Å². The summed E-state index contributed by atoms with van der Waals surface area (Å²) in [5, 5.41) is 4.31. The molecule has 0 spiro atoms. The molecule has 0 fully saturated rings. The second-order valence-corrected chi connectivity index (χ2v) is 6.74. The fourth-order valence-electron chi connectivity index (χ4n) is 2.73. The molecule has 25 heavy (non-hydrogen) atoms. The standard InChI is InChI=1S/C19H21N3O2S/c1-4-24-19(23)16-12(2)15-17(21-13(3)22-18(15)25-16)20-11-10-14-8-6-5-7-9-14/h5-9H,4,10-11H2,1-3H3,(H,20,21,22). The number of ether oxygens (including phenoxy) is 1. The Morgan fingerprint density at radius 2 is 1.96 bits per heavy atom. The molecule has 0 unspecified atom stereocenters. The van der Waals surface area contributed by atoms with Crippen LogP contribution in [0.5, 0.6) is 0 Å². The summed E-state index contributed by atoms with van der Waals surface area (Å²) in [6, 6.07) is 10.3. The van der Waals surface area contributed by atoms with Gasteiger partial charge in [-0.05, 0) is 38.3 Å². The second kappa shape index (κ2) is 7.61. The van der Waals surface area contributed by atoms with E-state index in [9.17, 15) is 4.79 Å². The molecule has 0 atom stereocenters. The number of nitrogens with zero attached hydrogens (tertiary/aromatic N) is 2. The number of aryl methyl sites for hydroxylation is 2. The Labute approximate surface area is 151 Å². The highest BCUT2D eigenvalue weighted by Crippen LogP contribution is 2.34. The molecule has 0 saturated carbocycles. The van der Waals surface area contributed by atoms with Crippen LogP contribution in [-0.4, -0.2) is 29.1 Å². The lowest BCUT2D eigenvalue weighted by atomic mass is 10.1. The lowest BCUT2D eigenvalue weighted by molar-refractivity contribution is 0.0531. The van der Waals surface area contributed by atoms with Crippen LogP contribution >= 0.6 is 11.3 Å². The highest BCUT2D eigenvalue weighted by atomic mass is 32.1. The molecule has 3 rings (SSSR count). The summed E-state index contributed by atoms with van der Waals surface area (Å²) in [4.78, 5) is 22.6. The average molecular weight is 355 g/mol. The summed E-state index contributed by atoms with van der Waals surface area (Å²) in [7, 11) is 0. The molecule has 1 N–H and O–H groups in total. The maximum atomic E-state index is 12.2. The van der Waals surface area contributed by atoms with E-state index in [1.165, 1.54) is 16.9 Å². The molecule has 0 saturated heterocycles. The van der Waals surface area contributed by atoms with E-state index in [0.29, 0.717) is 17.3 Å². The number of benzene rings is 1. The van der Waals surface area contributed by atoms with Crippen molar-refractivity contribution in [3.63, 3.8) is 0 Å². The van der Waals surface area contributed by atoms with Crippen molar-refractivity contribution in [2.24, 2.45) is 0 Å². The third-order valence-electron chi connectivity index (χ3n) is 3.91. The highest BCUT2D eigenvalue weighted by Gasteiger charge is 2.20. The highest BCUT2D eigenvalue weighted by molar-refractivity contribution is 7.20. The zero-order chi connectivity index (χ0) is 17.8. The third-order valence-corrected chi connectivity index (χ3v) is 5.08. The molecule has 6 heteroatoms. The molecule has 5 nitrogen and oxygen atoms in total. The minimum absolute atomic E-state index is 0.295. The Kier molecular flexibility index (Phi) is 5.28. The van der Waals surface area contributed by atoms with Gasteiger partial charge in [-0.25, -0.2) is 14.8 Å². The fourth-order valence-corrected chi connectivity index (χ4v) is 3.86. The van der Waals surface area contributed by atoms with Crippen molar-refractivity contribution in [2.75, 3.05) is 18.5 Å². The zero-order valence-electron chi connectivity index (χ0n) is 14.6. The molecule has 0 radical (unpaired) electrons. The number of anilines is 1. The quantitative estimate of drug-likeness (QED) is 0.673.